The summed E-state index contributed by atoms with van der Waals surface area (Å²) in [6.45, 7) is 1.66. The Kier molecular flexibility index (Phi) is 2.07. The van der Waals surface area contributed by atoms with Crippen molar-refractivity contribution in [2.24, 2.45) is 0 Å². The van der Waals surface area contributed by atoms with Gasteiger partial charge in [-0.05, 0) is 6.92 Å². The first-order valence-corrected chi connectivity index (χ1v) is 3.54. The summed E-state index contributed by atoms with van der Waals surface area (Å²) in [4.78, 5) is 20.7. The fourth-order valence-corrected chi connectivity index (χ4v) is 1.24. The van der Waals surface area contributed by atoms with Gasteiger partial charge in [0.1, 0.15) is 0 Å². The van der Waals surface area contributed by atoms with Crippen LogP contribution in [0.15, 0.2) is 0 Å². The molecule has 0 spiro atoms. The van der Waals surface area contributed by atoms with Gasteiger partial charge in [0.15, 0.2) is 0 Å². The highest BCUT2D eigenvalue weighted by Crippen LogP contribution is 2.11. The minimum absolute atomic E-state index is 0.0874. The molecule has 1 aliphatic heterocycles. The van der Waals surface area contributed by atoms with E-state index in [9.17, 15) is 14.9 Å². The van der Waals surface area contributed by atoms with Crippen molar-refractivity contribution in [1.82, 2.24) is 5.32 Å². The van der Waals surface area contributed by atoms with Crippen LogP contribution in [0.2, 0.25) is 0 Å². The quantitative estimate of drug-likeness (QED) is 0.429. The maximum atomic E-state index is 10.7. The summed E-state index contributed by atoms with van der Waals surface area (Å²) in [6.07, 6.45) is 0.635. The summed E-state index contributed by atoms with van der Waals surface area (Å²) < 4.78 is 0. The largest absolute Gasteiger partial charge is 0.347 e. The average Bonchev–Trinajstić information content (AvgIpc) is 1.85. The minimum atomic E-state index is -0.604. The molecule has 0 bridgehead atoms. The number of amides is 1. The number of carbonyl (C=O) groups excluding carboxylic acids is 1. The second kappa shape index (κ2) is 2.86. The van der Waals surface area contributed by atoms with Crippen molar-refractivity contribution >= 4 is 5.91 Å². The van der Waals surface area contributed by atoms with E-state index in [0.717, 1.165) is 0 Å². The Bertz CT molecular complexity index is 192. The molecule has 62 valence electrons. The Balaban J connectivity index is 2.57. The molecule has 11 heavy (non-hydrogen) atoms. The number of nitrogens with one attached hydrogen (secondary N) is 1. The molecule has 1 saturated heterocycles. The van der Waals surface area contributed by atoms with Crippen LogP contribution in [0.25, 0.3) is 0 Å². The predicted molar refractivity (Wildman–Crippen MR) is 37.6 cm³/mol. The Morgan fingerprint density at radius 1 is 1.73 bits per heavy atom. The molecule has 5 heteroatoms. The molecule has 1 aliphatic rings. The number of rotatable bonds is 1. The van der Waals surface area contributed by atoms with Crippen molar-refractivity contribution in [2.75, 3.05) is 0 Å². The van der Waals surface area contributed by atoms with E-state index >= 15 is 0 Å². The third kappa shape index (κ3) is 1.66. The van der Waals surface area contributed by atoms with Crippen LogP contribution in [0.3, 0.4) is 0 Å². The molecule has 2 atom stereocenters. The first-order valence-electron chi connectivity index (χ1n) is 3.54. The van der Waals surface area contributed by atoms with E-state index in [0.29, 0.717) is 6.42 Å². The van der Waals surface area contributed by atoms with E-state index < -0.39 is 6.04 Å². The Morgan fingerprint density at radius 3 is 2.82 bits per heavy atom. The molecule has 0 saturated carbocycles. The number of hydrogen-bond acceptors (Lipinski definition) is 3. The summed E-state index contributed by atoms with van der Waals surface area (Å²) in [6, 6.07) is -0.932. The van der Waals surface area contributed by atoms with Crippen molar-refractivity contribution in [2.45, 2.75) is 31.8 Å². The first kappa shape index (κ1) is 7.97. The van der Waals surface area contributed by atoms with Crippen LogP contribution in [0.1, 0.15) is 19.8 Å². The summed E-state index contributed by atoms with van der Waals surface area (Å²) in [5, 5.41) is 12.9. The van der Waals surface area contributed by atoms with Gasteiger partial charge in [-0.2, -0.15) is 0 Å². The van der Waals surface area contributed by atoms with Gasteiger partial charge in [0.2, 0.25) is 11.9 Å². The summed E-state index contributed by atoms with van der Waals surface area (Å²) in [5.41, 5.74) is 0. The molecule has 1 amide bonds. The van der Waals surface area contributed by atoms with Crippen LogP contribution < -0.4 is 5.32 Å². The molecular weight excluding hydrogens is 148 g/mol. The molecule has 0 aliphatic carbocycles. The lowest BCUT2D eigenvalue weighted by molar-refractivity contribution is -0.527. The lowest BCUT2D eigenvalue weighted by Gasteiger charge is -2.22. The van der Waals surface area contributed by atoms with E-state index in [1.807, 2.05) is 0 Å². The van der Waals surface area contributed by atoms with Crippen LogP contribution >= 0.6 is 0 Å². The Labute approximate surface area is 63.9 Å². The highest BCUT2D eigenvalue weighted by atomic mass is 16.6. The average molecular weight is 158 g/mol. The van der Waals surface area contributed by atoms with Crippen molar-refractivity contribution in [3.05, 3.63) is 10.1 Å². The lowest BCUT2D eigenvalue weighted by Crippen LogP contribution is -2.49. The van der Waals surface area contributed by atoms with Gasteiger partial charge in [-0.3, -0.25) is 14.9 Å². The van der Waals surface area contributed by atoms with E-state index in [1.54, 1.807) is 6.92 Å². The van der Waals surface area contributed by atoms with E-state index in [2.05, 4.69) is 5.32 Å². The van der Waals surface area contributed by atoms with E-state index in [1.165, 1.54) is 0 Å². The summed E-state index contributed by atoms with van der Waals surface area (Å²) >= 11 is 0. The van der Waals surface area contributed by atoms with Crippen LogP contribution in [0, 0.1) is 10.1 Å². The minimum Gasteiger partial charge on any atom is -0.347 e. The normalized spacial score (nSPS) is 31.2. The molecular formula is C6H10N2O3. The molecule has 1 heterocycles. The molecule has 0 radical (unpaired) electrons. The monoisotopic (exact) mass is 158 g/mol. The van der Waals surface area contributed by atoms with Gasteiger partial charge in [0.25, 0.3) is 0 Å². The number of carbonyl (C=O) groups is 1. The van der Waals surface area contributed by atoms with Crippen molar-refractivity contribution in [3.8, 4) is 0 Å². The third-order valence-corrected chi connectivity index (χ3v) is 1.90. The van der Waals surface area contributed by atoms with Gasteiger partial charge >= 0.3 is 0 Å². The zero-order chi connectivity index (χ0) is 8.43. The van der Waals surface area contributed by atoms with Crippen LogP contribution in [-0.4, -0.2) is 22.9 Å². The lowest BCUT2D eigenvalue weighted by atomic mass is 10.0. The molecule has 1 rings (SSSR count). The molecule has 0 aromatic heterocycles. The van der Waals surface area contributed by atoms with Crippen molar-refractivity contribution in [3.63, 3.8) is 0 Å². The zero-order valence-electron chi connectivity index (χ0n) is 6.24. The predicted octanol–water partition coefficient (Wildman–Crippen LogP) is -0.0698. The number of nitrogens with zero attached hydrogens (tertiary/aromatic N) is 1. The molecule has 1 N–H and O–H groups in total. The van der Waals surface area contributed by atoms with Crippen molar-refractivity contribution < 1.29 is 9.72 Å². The standard InChI is InChI=1S/C6H10N2O3/c1-4-5(8(10)11)2-3-6(9)7-4/h4-5H,2-3H2,1H3,(H,7,9)/t4-,5-/m1/s1. The van der Waals surface area contributed by atoms with Crippen LogP contribution in [-0.2, 0) is 4.79 Å². The van der Waals surface area contributed by atoms with Gasteiger partial charge in [0.05, 0.1) is 6.04 Å². The van der Waals surface area contributed by atoms with Gasteiger partial charge in [0, 0.05) is 17.8 Å². The maximum Gasteiger partial charge on any atom is 0.233 e. The molecule has 0 aromatic carbocycles. The second-order valence-electron chi connectivity index (χ2n) is 2.75. The van der Waals surface area contributed by atoms with Gasteiger partial charge in [-0.15, -0.1) is 0 Å². The summed E-state index contributed by atoms with van der Waals surface area (Å²) in [5.74, 6) is -0.0874. The fourth-order valence-electron chi connectivity index (χ4n) is 1.24. The number of piperidine rings is 1. The second-order valence-corrected chi connectivity index (χ2v) is 2.75. The maximum absolute atomic E-state index is 10.7. The Hall–Kier alpha value is -1.13. The van der Waals surface area contributed by atoms with E-state index in [4.69, 9.17) is 0 Å². The molecule has 0 aromatic rings. The SMILES string of the molecule is C[C@H]1NC(=O)CC[C@H]1[N+](=O)[O-]. The number of nitro groups is 1. The number of hydrogen-bond donors (Lipinski definition) is 1. The zero-order valence-corrected chi connectivity index (χ0v) is 6.24. The topological polar surface area (TPSA) is 72.2 Å². The first-order chi connectivity index (χ1) is 5.11. The highest BCUT2D eigenvalue weighted by Gasteiger charge is 2.33. The highest BCUT2D eigenvalue weighted by molar-refractivity contribution is 5.77. The smallest absolute Gasteiger partial charge is 0.233 e. The molecule has 5 nitrogen and oxygen atoms in total. The van der Waals surface area contributed by atoms with Gasteiger partial charge in [-0.25, -0.2) is 0 Å². The fraction of sp³-hybridized carbons (Fsp3) is 0.833. The summed E-state index contributed by atoms with van der Waals surface area (Å²) in [7, 11) is 0. The van der Waals surface area contributed by atoms with Gasteiger partial charge < -0.3 is 5.32 Å². The van der Waals surface area contributed by atoms with Crippen molar-refractivity contribution in [1.29, 1.82) is 0 Å². The van der Waals surface area contributed by atoms with Gasteiger partial charge in [-0.1, -0.05) is 0 Å². The molecule has 0 unspecified atom stereocenters. The Morgan fingerprint density at radius 2 is 2.36 bits per heavy atom. The third-order valence-electron chi connectivity index (χ3n) is 1.90. The van der Waals surface area contributed by atoms with Crippen LogP contribution in [0.4, 0.5) is 0 Å². The molecule has 1 fully saturated rings. The van der Waals surface area contributed by atoms with E-state index in [-0.39, 0.29) is 23.3 Å². The van der Waals surface area contributed by atoms with Crippen LogP contribution in [0.5, 0.6) is 0 Å².